The van der Waals surface area contributed by atoms with E-state index in [-0.39, 0.29) is 5.91 Å². The number of hydrogen-bond acceptors (Lipinski definition) is 5. The van der Waals surface area contributed by atoms with Gasteiger partial charge in [0.05, 0.1) is 11.9 Å². The Labute approximate surface area is 121 Å². The highest BCUT2D eigenvalue weighted by molar-refractivity contribution is 7.17. The van der Waals surface area contributed by atoms with E-state index in [9.17, 15) is 4.79 Å². The van der Waals surface area contributed by atoms with Crippen LogP contribution in [0.3, 0.4) is 0 Å². The Hall–Kier alpha value is -2.21. The van der Waals surface area contributed by atoms with Gasteiger partial charge in [0, 0.05) is 0 Å². The Kier molecular flexibility index (Phi) is 4.47. The molecule has 1 amide bonds. The molecular formula is C14H16N4OS. The summed E-state index contributed by atoms with van der Waals surface area (Å²) in [6.45, 7) is 3.92. The summed E-state index contributed by atoms with van der Waals surface area (Å²) in [6, 6.07) is 7.81. The van der Waals surface area contributed by atoms with Crippen molar-refractivity contribution in [1.29, 1.82) is 0 Å². The zero-order valence-corrected chi connectivity index (χ0v) is 12.2. The summed E-state index contributed by atoms with van der Waals surface area (Å²) in [5.41, 5.74) is 10.9. The van der Waals surface area contributed by atoms with Crippen molar-refractivity contribution in [2.45, 2.75) is 20.3 Å². The molecule has 3 N–H and O–H groups in total. The molecule has 0 saturated heterocycles. The Bertz CT molecular complexity index is 648. The SMILES string of the molecule is CCc1nc(N)sc1C(=O)N/N=C/c1ccccc1C. The Morgan fingerprint density at radius 3 is 2.95 bits per heavy atom. The number of aryl methyl sites for hydroxylation is 2. The summed E-state index contributed by atoms with van der Waals surface area (Å²) in [5, 5.41) is 4.37. The van der Waals surface area contributed by atoms with Gasteiger partial charge < -0.3 is 5.73 Å². The smallest absolute Gasteiger partial charge is 0.283 e. The van der Waals surface area contributed by atoms with Gasteiger partial charge in [-0.25, -0.2) is 10.4 Å². The number of nitrogen functional groups attached to an aromatic ring is 1. The third-order valence-corrected chi connectivity index (χ3v) is 3.74. The molecule has 6 heteroatoms. The second-order valence-electron chi connectivity index (χ2n) is 4.24. The molecule has 0 aliphatic heterocycles. The number of hydrogen-bond donors (Lipinski definition) is 2. The fourth-order valence-corrected chi connectivity index (χ4v) is 2.54. The highest BCUT2D eigenvalue weighted by Gasteiger charge is 2.15. The second kappa shape index (κ2) is 6.29. The molecule has 1 aromatic carbocycles. The fourth-order valence-electron chi connectivity index (χ4n) is 1.73. The molecule has 5 nitrogen and oxygen atoms in total. The zero-order chi connectivity index (χ0) is 14.5. The van der Waals surface area contributed by atoms with Crippen molar-refractivity contribution in [2.75, 3.05) is 5.73 Å². The highest BCUT2D eigenvalue weighted by atomic mass is 32.1. The average Bonchev–Trinajstić information content (AvgIpc) is 2.82. The third kappa shape index (κ3) is 3.21. The molecule has 0 fully saturated rings. The quantitative estimate of drug-likeness (QED) is 0.669. The Morgan fingerprint density at radius 1 is 1.50 bits per heavy atom. The number of thiazole rings is 1. The maximum atomic E-state index is 12.0. The van der Waals surface area contributed by atoms with Crippen molar-refractivity contribution in [1.82, 2.24) is 10.4 Å². The van der Waals surface area contributed by atoms with Gasteiger partial charge in [-0.2, -0.15) is 5.10 Å². The van der Waals surface area contributed by atoms with E-state index in [0.717, 1.165) is 11.1 Å². The van der Waals surface area contributed by atoms with Crippen LogP contribution in [0.1, 0.15) is 33.4 Å². The number of benzene rings is 1. The minimum atomic E-state index is -0.277. The molecular weight excluding hydrogens is 272 g/mol. The predicted molar refractivity (Wildman–Crippen MR) is 82.1 cm³/mol. The van der Waals surface area contributed by atoms with Gasteiger partial charge in [0.25, 0.3) is 5.91 Å². The minimum absolute atomic E-state index is 0.277. The van der Waals surface area contributed by atoms with E-state index < -0.39 is 0 Å². The van der Waals surface area contributed by atoms with Gasteiger partial charge in [-0.3, -0.25) is 4.79 Å². The summed E-state index contributed by atoms with van der Waals surface area (Å²) < 4.78 is 0. The lowest BCUT2D eigenvalue weighted by molar-refractivity contribution is 0.0958. The lowest BCUT2D eigenvalue weighted by Crippen LogP contribution is -2.17. The van der Waals surface area contributed by atoms with Crippen LogP contribution in [0.25, 0.3) is 0 Å². The van der Waals surface area contributed by atoms with Gasteiger partial charge in [-0.05, 0) is 24.5 Å². The normalized spacial score (nSPS) is 10.9. The number of carbonyl (C=O) groups is 1. The molecule has 0 spiro atoms. The molecule has 104 valence electrons. The highest BCUT2D eigenvalue weighted by Crippen LogP contribution is 2.20. The van der Waals surface area contributed by atoms with E-state index in [1.807, 2.05) is 38.1 Å². The van der Waals surface area contributed by atoms with Crippen LogP contribution in [0.2, 0.25) is 0 Å². The van der Waals surface area contributed by atoms with Crippen LogP contribution in [-0.4, -0.2) is 17.1 Å². The van der Waals surface area contributed by atoms with Gasteiger partial charge in [-0.15, -0.1) is 0 Å². The van der Waals surface area contributed by atoms with Crippen LogP contribution in [0.5, 0.6) is 0 Å². The summed E-state index contributed by atoms with van der Waals surface area (Å²) in [7, 11) is 0. The van der Waals surface area contributed by atoms with Crippen LogP contribution in [0.4, 0.5) is 5.13 Å². The van der Waals surface area contributed by atoms with E-state index in [2.05, 4.69) is 15.5 Å². The lowest BCUT2D eigenvalue weighted by atomic mass is 10.1. The maximum Gasteiger partial charge on any atom is 0.283 e. The lowest BCUT2D eigenvalue weighted by Gasteiger charge is -2.00. The molecule has 0 atom stereocenters. The molecule has 0 aliphatic carbocycles. The van der Waals surface area contributed by atoms with Crippen molar-refractivity contribution in [3.63, 3.8) is 0 Å². The monoisotopic (exact) mass is 288 g/mol. The van der Waals surface area contributed by atoms with Crippen LogP contribution < -0.4 is 11.2 Å². The van der Waals surface area contributed by atoms with Gasteiger partial charge >= 0.3 is 0 Å². The number of anilines is 1. The van der Waals surface area contributed by atoms with Crippen LogP contribution in [0.15, 0.2) is 29.4 Å². The van der Waals surface area contributed by atoms with E-state index in [0.29, 0.717) is 22.1 Å². The zero-order valence-electron chi connectivity index (χ0n) is 11.4. The number of carbonyl (C=O) groups excluding carboxylic acids is 1. The average molecular weight is 288 g/mol. The number of nitrogens with zero attached hydrogens (tertiary/aromatic N) is 2. The molecule has 0 unspecified atom stereocenters. The number of amides is 1. The van der Waals surface area contributed by atoms with Crippen LogP contribution in [0, 0.1) is 6.92 Å². The number of hydrazone groups is 1. The predicted octanol–water partition coefficient (Wildman–Crippen LogP) is 2.36. The third-order valence-electron chi connectivity index (χ3n) is 2.81. The van der Waals surface area contributed by atoms with Gasteiger partial charge in [0.2, 0.25) is 0 Å². The van der Waals surface area contributed by atoms with Gasteiger partial charge in [-0.1, -0.05) is 42.5 Å². The van der Waals surface area contributed by atoms with Crippen LogP contribution in [-0.2, 0) is 6.42 Å². The van der Waals surface area contributed by atoms with Crippen molar-refractivity contribution in [2.24, 2.45) is 5.10 Å². The molecule has 1 heterocycles. The molecule has 2 aromatic rings. The van der Waals surface area contributed by atoms with Crippen molar-refractivity contribution >= 4 is 28.6 Å². The number of nitrogens with two attached hydrogens (primary N) is 1. The summed E-state index contributed by atoms with van der Waals surface area (Å²) >= 11 is 1.18. The first-order valence-corrected chi connectivity index (χ1v) is 7.07. The molecule has 0 saturated carbocycles. The molecule has 2 rings (SSSR count). The number of aromatic nitrogens is 1. The molecule has 20 heavy (non-hydrogen) atoms. The van der Waals surface area contributed by atoms with Crippen molar-refractivity contribution in [3.05, 3.63) is 46.0 Å². The van der Waals surface area contributed by atoms with E-state index in [4.69, 9.17) is 5.73 Å². The molecule has 0 aliphatic rings. The standard InChI is InChI=1S/C14H16N4OS/c1-3-11-12(20-14(15)17-11)13(19)18-16-8-10-7-5-4-6-9(10)2/h4-8H,3H2,1-2H3,(H2,15,17)(H,18,19)/b16-8+. The Morgan fingerprint density at radius 2 is 2.25 bits per heavy atom. The van der Waals surface area contributed by atoms with E-state index in [1.54, 1.807) is 6.21 Å². The summed E-state index contributed by atoms with van der Waals surface area (Å²) in [6.07, 6.45) is 2.29. The van der Waals surface area contributed by atoms with E-state index in [1.165, 1.54) is 11.3 Å². The molecule has 0 radical (unpaired) electrons. The fraction of sp³-hybridized carbons (Fsp3) is 0.214. The maximum absolute atomic E-state index is 12.0. The Balaban J connectivity index is 2.07. The number of nitrogens with one attached hydrogen (secondary N) is 1. The van der Waals surface area contributed by atoms with Gasteiger partial charge in [0.15, 0.2) is 5.13 Å². The summed E-state index contributed by atoms with van der Waals surface area (Å²) in [5.74, 6) is -0.277. The first-order chi connectivity index (χ1) is 9.61. The van der Waals surface area contributed by atoms with Crippen molar-refractivity contribution < 1.29 is 4.79 Å². The largest absolute Gasteiger partial charge is 0.375 e. The number of rotatable bonds is 4. The van der Waals surface area contributed by atoms with E-state index >= 15 is 0 Å². The van der Waals surface area contributed by atoms with Crippen LogP contribution >= 0.6 is 11.3 Å². The molecule has 0 bridgehead atoms. The topological polar surface area (TPSA) is 80.4 Å². The second-order valence-corrected chi connectivity index (χ2v) is 5.27. The first-order valence-electron chi connectivity index (χ1n) is 6.26. The molecule has 1 aromatic heterocycles. The minimum Gasteiger partial charge on any atom is -0.375 e. The van der Waals surface area contributed by atoms with Gasteiger partial charge in [0.1, 0.15) is 4.88 Å². The van der Waals surface area contributed by atoms with Crippen molar-refractivity contribution in [3.8, 4) is 0 Å². The first kappa shape index (κ1) is 14.2. The summed E-state index contributed by atoms with van der Waals surface area (Å²) in [4.78, 5) is 16.6.